The van der Waals surface area contributed by atoms with E-state index in [4.69, 9.17) is 0 Å². The van der Waals surface area contributed by atoms with Gasteiger partial charge in [-0.15, -0.1) is 0 Å². The summed E-state index contributed by atoms with van der Waals surface area (Å²) in [6.07, 6.45) is 6.81. The number of rotatable bonds is 3. The third-order valence-corrected chi connectivity index (χ3v) is 6.32. The second-order valence-electron chi connectivity index (χ2n) is 7.69. The molecule has 0 aliphatic heterocycles. The van der Waals surface area contributed by atoms with Crippen molar-refractivity contribution in [2.75, 3.05) is 7.05 Å². The quantitative estimate of drug-likeness (QED) is 0.834. The fourth-order valence-corrected chi connectivity index (χ4v) is 5.62. The maximum atomic E-state index is 13.8. The summed E-state index contributed by atoms with van der Waals surface area (Å²) in [5, 5.41) is 0. The van der Waals surface area contributed by atoms with Crippen molar-refractivity contribution < 1.29 is 9.18 Å². The molecule has 1 aromatic carbocycles. The van der Waals surface area contributed by atoms with Crippen LogP contribution in [0.25, 0.3) is 0 Å². The molecule has 1 amide bonds. The van der Waals surface area contributed by atoms with Crippen molar-refractivity contribution in [2.24, 2.45) is 23.7 Å². The zero-order chi connectivity index (χ0) is 15.3. The lowest BCUT2D eigenvalue weighted by Crippen LogP contribution is -2.56. The van der Waals surface area contributed by atoms with Crippen molar-refractivity contribution in [3.8, 4) is 0 Å². The molecule has 0 aromatic heterocycles. The van der Waals surface area contributed by atoms with Crippen LogP contribution in [0.4, 0.5) is 4.39 Å². The Morgan fingerprint density at radius 3 is 2.27 bits per heavy atom. The Kier molecular flexibility index (Phi) is 3.47. The molecule has 0 atom stereocenters. The highest BCUT2D eigenvalue weighted by molar-refractivity contribution is 5.79. The molecule has 4 aliphatic rings. The maximum Gasteiger partial charge on any atom is 0.227 e. The molecule has 22 heavy (non-hydrogen) atoms. The number of halogens is 1. The van der Waals surface area contributed by atoms with Crippen LogP contribution in [0.1, 0.15) is 37.7 Å². The van der Waals surface area contributed by atoms with E-state index in [2.05, 4.69) is 0 Å². The van der Waals surface area contributed by atoms with Crippen LogP contribution >= 0.6 is 0 Å². The highest BCUT2D eigenvalue weighted by Crippen LogP contribution is 2.54. The fraction of sp³-hybridized carbons (Fsp3) is 0.632. The second-order valence-corrected chi connectivity index (χ2v) is 7.69. The van der Waals surface area contributed by atoms with Gasteiger partial charge in [0.25, 0.3) is 0 Å². The van der Waals surface area contributed by atoms with Crippen molar-refractivity contribution in [1.29, 1.82) is 0 Å². The van der Waals surface area contributed by atoms with Crippen molar-refractivity contribution >= 4 is 5.91 Å². The normalized spacial score (nSPS) is 35.6. The van der Waals surface area contributed by atoms with E-state index in [1.54, 1.807) is 18.2 Å². The standard InChI is InChI=1S/C19H24FNO/c1-21(18(22)11-14-4-2-3-5-17(14)20)19-15-7-12-6-13(9-15)10-16(19)8-12/h2-5,12-13,15-16,19H,6-11H2,1H3. The maximum absolute atomic E-state index is 13.8. The first kappa shape index (κ1) is 14.2. The van der Waals surface area contributed by atoms with Gasteiger partial charge in [0.05, 0.1) is 6.42 Å². The summed E-state index contributed by atoms with van der Waals surface area (Å²) in [6, 6.07) is 7.02. The number of carbonyl (C=O) groups is 1. The van der Waals surface area contributed by atoms with Gasteiger partial charge in [-0.3, -0.25) is 4.79 Å². The van der Waals surface area contributed by atoms with E-state index in [1.807, 2.05) is 11.9 Å². The van der Waals surface area contributed by atoms with Crippen LogP contribution in [0.3, 0.4) is 0 Å². The van der Waals surface area contributed by atoms with Crippen molar-refractivity contribution in [3.63, 3.8) is 0 Å². The highest BCUT2D eigenvalue weighted by Gasteiger charge is 2.50. The van der Waals surface area contributed by atoms with E-state index in [1.165, 1.54) is 38.2 Å². The van der Waals surface area contributed by atoms with E-state index in [9.17, 15) is 9.18 Å². The summed E-state index contributed by atoms with van der Waals surface area (Å²) in [7, 11) is 1.94. The Bertz CT molecular complexity index is 557. The molecule has 2 nitrogen and oxygen atoms in total. The fourth-order valence-electron chi connectivity index (χ4n) is 5.62. The van der Waals surface area contributed by atoms with Gasteiger partial charge in [-0.25, -0.2) is 4.39 Å². The SMILES string of the molecule is CN(C(=O)Cc1ccccc1F)C1C2CC3CC(C2)CC1C3. The van der Waals surface area contributed by atoms with Crippen molar-refractivity contribution in [3.05, 3.63) is 35.6 Å². The van der Waals surface area contributed by atoms with Gasteiger partial charge in [0.1, 0.15) is 5.82 Å². The second kappa shape index (κ2) is 5.36. The smallest absolute Gasteiger partial charge is 0.227 e. The van der Waals surface area contributed by atoms with Crippen LogP contribution in [-0.4, -0.2) is 23.9 Å². The molecule has 4 fully saturated rings. The van der Waals surface area contributed by atoms with E-state index in [-0.39, 0.29) is 18.1 Å². The summed E-state index contributed by atoms with van der Waals surface area (Å²) in [5.74, 6) is 3.00. The number of likely N-dealkylation sites (N-methyl/N-ethyl adjacent to an activating group) is 1. The van der Waals surface area contributed by atoms with Crippen LogP contribution in [0.5, 0.6) is 0 Å². The summed E-state index contributed by atoms with van der Waals surface area (Å²) in [4.78, 5) is 14.6. The monoisotopic (exact) mass is 301 g/mol. The van der Waals surface area contributed by atoms with E-state index in [0.29, 0.717) is 23.4 Å². The van der Waals surface area contributed by atoms with Crippen molar-refractivity contribution in [2.45, 2.75) is 44.6 Å². The average Bonchev–Trinajstić information content (AvgIpc) is 2.48. The molecule has 0 heterocycles. The van der Waals surface area contributed by atoms with Gasteiger partial charge in [-0.2, -0.15) is 0 Å². The molecule has 0 N–H and O–H groups in total. The van der Waals surface area contributed by atoms with Gasteiger partial charge in [-0.05, 0) is 67.4 Å². The predicted octanol–water partition coefficient (Wildman–Crippen LogP) is 3.65. The Labute approximate surface area is 131 Å². The first-order valence-electron chi connectivity index (χ1n) is 8.61. The summed E-state index contributed by atoms with van der Waals surface area (Å²) in [6.45, 7) is 0. The third kappa shape index (κ3) is 2.35. The van der Waals surface area contributed by atoms with Gasteiger partial charge in [0.2, 0.25) is 5.91 Å². The lowest BCUT2D eigenvalue weighted by Gasteiger charge is -2.56. The molecule has 4 saturated carbocycles. The largest absolute Gasteiger partial charge is 0.342 e. The van der Waals surface area contributed by atoms with Gasteiger partial charge in [0.15, 0.2) is 0 Å². The van der Waals surface area contributed by atoms with Crippen molar-refractivity contribution in [1.82, 2.24) is 4.90 Å². The predicted molar refractivity (Wildman–Crippen MR) is 83.7 cm³/mol. The van der Waals surface area contributed by atoms with Crippen LogP contribution in [0.15, 0.2) is 24.3 Å². The molecular weight excluding hydrogens is 277 g/mol. The summed E-state index contributed by atoms with van der Waals surface area (Å²) < 4.78 is 13.8. The molecular formula is C19H24FNO. The number of hydrogen-bond acceptors (Lipinski definition) is 1. The Hall–Kier alpha value is -1.38. The van der Waals surface area contributed by atoms with Gasteiger partial charge < -0.3 is 4.90 Å². The minimum Gasteiger partial charge on any atom is -0.342 e. The van der Waals surface area contributed by atoms with Gasteiger partial charge in [-0.1, -0.05) is 18.2 Å². The number of benzene rings is 1. The van der Waals surface area contributed by atoms with E-state index in [0.717, 1.165) is 11.8 Å². The lowest BCUT2D eigenvalue weighted by atomic mass is 9.54. The molecule has 1 aromatic rings. The molecule has 5 rings (SSSR count). The van der Waals surface area contributed by atoms with Gasteiger partial charge >= 0.3 is 0 Å². The Morgan fingerprint density at radius 1 is 1.09 bits per heavy atom. The molecule has 3 heteroatoms. The van der Waals surface area contributed by atoms with E-state index < -0.39 is 0 Å². The number of amides is 1. The molecule has 4 bridgehead atoms. The molecule has 0 saturated heterocycles. The molecule has 0 radical (unpaired) electrons. The Balaban J connectivity index is 1.48. The zero-order valence-corrected chi connectivity index (χ0v) is 13.2. The summed E-state index contributed by atoms with van der Waals surface area (Å²) in [5.41, 5.74) is 0.517. The first-order chi connectivity index (χ1) is 10.6. The Morgan fingerprint density at radius 2 is 1.68 bits per heavy atom. The third-order valence-electron chi connectivity index (χ3n) is 6.32. The highest BCUT2D eigenvalue weighted by atomic mass is 19.1. The van der Waals surface area contributed by atoms with Crippen LogP contribution in [0, 0.1) is 29.5 Å². The van der Waals surface area contributed by atoms with Crippen LogP contribution in [-0.2, 0) is 11.2 Å². The van der Waals surface area contributed by atoms with Crippen LogP contribution < -0.4 is 0 Å². The summed E-state index contributed by atoms with van der Waals surface area (Å²) >= 11 is 0. The van der Waals surface area contributed by atoms with E-state index >= 15 is 0 Å². The number of nitrogens with zero attached hydrogens (tertiary/aromatic N) is 1. The minimum absolute atomic E-state index is 0.0718. The van der Waals surface area contributed by atoms with Gasteiger partial charge in [0, 0.05) is 13.1 Å². The molecule has 118 valence electrons. The molecule has 0 unspecified atom stereocenters. The number of hydrogen-bond donors (Lipinski definition) is 0. The minimum atomic E-state index is -0.269. The molecule has 0 spiro atoms. The molecule has 4 aliphatic carbocycles. The van der Waals surface area contributed by atoms with Crippen LogP contribution in [0.2, 0.25) is 0 Å². The first-order valence-corrected chi connectivity index (χ1v) is 8.61. The lowest BCUT2D eigenvalue weighted by molar-refractivity contribution is -0.140. The number of carbonyl (C=O) groups excluding carboxylic acids is 1. The zero-order valence-electron chi connectivity index (χ0n) is 13.2. The topological polar surface area (TPSA) is 20.3 Å². The average molecular weight is 301 g/mol.